The molecule has 0 aromatic heterocycles. The predicted molar refractivity (Wildman–Crippen MR) is 156 cm³/mol. The molecule has 3 aliphatic rings. The van der Waals surface area contributed by atoms with Crippen molar-refractivity contribution in [3.05, 3.63) is 35.9 Å². The Morgan fingerprint density at radius 3 is 2.16 bits per heavy atom. The summed E-state index contributed by atoms with van der Waals surface area (Å²) in [7, 11) is -3.55. The van der Waals surface area contributed by atoms with Gasteiger partial charge in [-0.15, -0.1) is 0 Å². The van der Waals surface area contributed by atoms with Gasteiger partial charge in [0.1, 0.15) is 11.7 Å². The van der Waals surface area contributed by atoms with Crippen LogP contribution in [0.1, 0.15) is 85.1 Å². The summed E-state index contributed by atoms with van der Waals surface area (Å²) >= 11 is 0. The van der Waals surface area contributed by atoms with Gasteiger partial charge in [0.2, 0.25) is 0 Å². The Morgan fingerprint density at radius 1 is 0.895 bits per heavy atom. The minimum Gasteiger partial charge on any atom is -0.411 e. The molecule has 4 rings (SSSR count). The molecular weight excluding hydrogens is 515 g/mol. The monoisotopic (exact) mass is 566 g/mol. The normalized spacial score (nSPS) is 29.6. The topological polar surface area (TPSA) is 55.4 Å². The van der Waals surface area contributed by atoms with Crippen molar-refractivity contribution in [3.63, 3.8) is 0 Å². The van der Waals surface area contributed by atoms with Gasteiger partial charge in [-0.05, 0) is 62.2 Å². The Hall–Kier alpha value is -0.373. The van der Waals surface area contributed by atoms with Crippen LogP contribution in [0.2, 0.25) is 18.1 Å². The van der Waals surface area contributed by atoms with E-state index in [0.717, 1.165) is 38.7 Å². The fourth-order valence-corrected chi connectivity index (χ4v) is 8.52. The zero-order chi connectivity index (χ0) is 27.4. The predicted octanol–water partition coefficient (Wildman–Crippen LogP) is 8.12. The second kappa shape index (κ2) is 13.1. The van der Waals surface area contributed by atoms with E-state index in [1.54, 1.807) is 0 Å². The van der Waals surface area contributed by atoms with Gasteiger partial charge in [0.15, 0.2) is 8.32 Å². The van der Waals surface area contributed by atoms with Crippen molar-refractivity contribution in [1.29, 1.82) is 0 Å². The van der Waals surface area contributed by atoms with Crippen LogP contribution in [0.5, 0.6) is 0 Å². The fraction of sp³-hybridized carbons (Fsp3) is 0.800. The summed E-state index contributed by atoms with van der Waals surface area (Å²) in [4.78, 5) is 0. The highest BCUT2D eigenvalue weighted by Crippen LogP contribution is 2.55. The maximum Gasteiger partial charge on any atom is 0.334 e. The Balaban J connectivity index is 1.51. The molecule has 216 valence electrons. The zero-order valence-electron chi connectivity index (χ0n) is 24.7. The summed E-state index contributed by atoms with van der Waals surface area (Å²) in [5, 5.41) is 0.149. The lowest BCUT2D eigenvalue weighted by Gasteiger charge is -2.40. The van der Waals surface area contributed by atoms with Crippen LogP contribution >= 0.6 is 8.60 Å². The van der Waals surface area contributed by atoms with Crippen LogP contribution in [0.25, 0.3) is 0 Å². The number of ether oxygens (including phenoxy) is 2. The first kappa shape index (κ1) is 30.6. The van der Waals surface area contributed by atoms with Gasteiger partial charge in [-0.2, -0.15) is 0 Å². The van der Waals surface area contributed by atoms with E-state index in [2.05, 4.69) is 78.0 Å². The lowest BCUT2D eigenvalue weighted by molar-refractivity contribution is -0.0372. The molecule has 6 atom stereocenters. The summed E-state index contributed by atoms with van der Waals surface area (Å²) in [5.74, 6) is 0.432. The number of hydrogen-bond acceptors (Lipinski definition) is 6. The molecule has 1 aliphatic carbocycles. The van der Waals surface area contributed by atoms with Crippen molar-refractivity contribution >= 4 is 16.9 Å². The van der Waals surface area contributed by atoms with E-state index < -0.39 is 22.5 Å². The SMILES string of the molecule is CC[C@H]1OCCC1O[P@@](OC[C@H]1OCCC1O[Si](C)(C)C(C)(C)C)O[C@](C)(c1ccccc1)C1CCCC1. The minimum atomic E-state index is -1.92. The van der Waals surface area contributed by atoms with E-state index in [1.807, 2.05) is 0 Å². The molecule has 0 N–H and O–H groups in total. The third-order valence-electron chi connectivity index (χ3n) is 9.26. The summed E-state index contributed by atoms with van der Waals surface area (Å²) < 4.78 is 39.1. The highest BCUT2D eigenvalue weighted by Gasteiger charge is 2.45. The maximum absolute atomic E-state index is 6.99. The van der Waals surface area contributed by atoms with Crippen LogP contribution in [0, 0.1) is 5.92 Å². The average Bonchev–Trinajstić information content (AvgIpc) is 3.65. The van der Waals surface area contributed by atoms with E-state index in [1.165, 1.54) is 18.4 Å². The van der Waals surface area contributed by atoms with Crippen molar-refractivity contribution in [2.75, 3.05) is 19.8 Å². The Bertz CT molecular complexity index is 858. The van der Waals surface area contributed by atoms with Crippen molar-refractivity contribution in [2.24, 2.45) is 5.92 Å². The van der Waals surface area contributed by atoms with E-state index in [9.17, 15) is 0 Å². The molecule has 2 saturated heterocycles. The summed E-state index contributed by atoms with van der Waals surface area (Å²) in [5.41, 5.74) is 0.718. The Labute approximate surface area is 233 Å². The van der Waals surface area contributed by atoms with Gasteiger partial charge in [0, 0.05) is 19.6 Å². The molecule has 0 bridgehead atoms. The van der Waals surface area contributed by atoms with Crippen LogP contribution in [0.3, 0.4) is 0 Å². The van der Waals surface area contributed by atoms with E-state index >= 15 is 0 Å². The molecule has 1 aromatic carbocycles. The molecule has 8 heteroatoms. The fourth-order valence-electron chi connectivity index (χ4n) is 5.69. The lowest BCUT2D eigenvalue weighted by Crippen LogP contribution is -2.46. The summed E-state index contributed by atoms with van der Waals surface area (Å²) in [6, 6.07) is 10.6. The Kier molecular flexibility index (Phi) is 10.5. The van der Waals surface area contributed by atoms with Crippen LogP contribution in [-0.2, 0) is 33.1 Å². The van der Waals surface area contributed by atoms with Gasteiger partial charge in [-0.25, -0.2) is 0 Å². The highest BCUT2D eigenvalue weighted by atomic mass is 31.2. The first-order valence-corrected chi connectivity index (χ1v) is 18.8. The Morgan fingerprint density at radius 2 is 1.53 bits per heavy atom. The average molecular weight is 567 g/mol. The molecule has 0 amide bonds. The number of rotatable bonds is 12. The quantitative estimate of drug-likeness (QED) is 0.188. The second-order valence-corrected chi connectivity index (χ2v) is 18.8. The van der Waals surface area contributed by atoms with Crippen LogP contribution < -0.4 is 0 Å². The molecular formula is C30H51O6PSi. The number of hydrogen-bond donors (Lipinski definition) is 0. The highest BCUT2D eigenvalue weighted by molar-refractivity contribution is 7.41. The molecule has 3 fully saturated rings. The van der Waals surface area contributed by atoms with Crippen molar-refractivity contribution in [2.45, 2.75) is 128 Å². The van der Waals surface area contributed by atoms with Crippen molar-refractivity contribution in [3.8, 4) is 0 Å². The molecule has 38 heavy (non-hydrogen) atoms. The van der Waals surface area contributed by atoms with Gasteiger partial charge in [-0.1, -0.05) is 70.9 Å². The summed E-state index contributed by atoms with van der Waals surface area (Å²) in [6.07, 6.45) is 7.49. The van der Waals surface area contributed by atoms with Gasteiger partial charge >= 0.3 is 8.60 Å². The van der Waals surface area contributed by atoms with E-state index in [-0.39, 0.29) is 29.5 Å². The molecule has 2 unspecified atom stereocenters. The van der Waals surface area contributed by atoms with Crippen LogP contribution in [-0.4, -0.2) is 52.6 Å². The molecule has 0 radical (unpaired) electrons. The summed E-state index contributed by atoms with van der Waals surface area (Å²) in [6.45, 7) is 17.7. The minimum absolute atomic E-state index is 0.0153. The smallest absolute Gasteiger partial charge is 0.334 e. The largest absolute Gasteiger partial charge is 0.411 e. The van der Waals surface area contributed by atoms with Gasteiger partial charge < -0.3 is 27.5 Å². The first-order valence-electron chi connectivity index (χ1n) is 14.8. The van der Waals surface area contributed by atoms with Gasteiger partial charge in [-0.3, -0.25) is 0 Å². The van der Waals surface area contributed by atoms with Crippen LogP contribution in [0.15, 0.2) is 30.3 Å². The molecule has 0 spiro atoms. The van der Waals surface area contributed by atoms with Crippen molar-refractivity contribution in [1.82, 2.24) is 0 Å². The first-order chi connectivity index (χ1) is 18.0. The zero-order valence-corrected chi connectivity index (χ0v) is 26.6. The maximum atomic E-state index is 6.99. The molecule has 2 heterocycles. The van der Waals surface area contributed by atoms with E-state index in [0.29, 0.717) is 19.1 Å². The number of benzene rings is 1. The van der Waals surface area contributed by atoms with E-state index in [4.69, 9.17) is 27.5 Å². The van der Waals surface area contributed by atoms with Crippen LogP contribution in [0.4, 0.5) is 0 Å². The molecule has 1 saturated carbocycles. The standard InChI is InChI=1S/C30H51O6PSi/c1-8-25-26(18-20-31-25)34-37(33-22-28-27(19-21-32-28)35-38(6,7)29(2,3)4)36-30(5,24-16-12-13-17-24)23-14-10-9-11-15-23/h9-11,14-15,24-28H,8,12-13,16-22H2,1-7H3/t25-,26?,27?,28-,30-,37-/m1/s1. The lowest BCUT2D eigenvalue weighted by atomic mass is 9.82. The third-order valence-corrected chi connectivity index (χ3v) is 15.1. The molecule has 2 aliphatic heterocycles. The third kappa shape index (κ3) is 7.28. The van der Waals surface area contributed by atoms with Crippen molar-refractivity contribution < 1.29 is 27.5 Å². The van der Waals surface area contributed by atoms with Gasteiger partial charge in [0.25, 0.3) is 0 Å². The molecule has 1 aromatic rings. The molecule has 6 nitrogen and oxygen atoms in total. The van der Waals surface area contributed by atoms with Gasteiger partial charge in [0.05, 0.1) is 24.9 Å². The second-order valence-electron chi connectivity index (χ2n) is 12.9.